The molecule has 2 aliphatic rings. The maximum atomic E-state index is 12.8. The summed E-state index contributed by atoms with van der Waals surface area (Å²) in [5, 5.41) is 51.4. The Morgan fingerprint density at radius 1 is 1.10 bits per heavy atom. The van der Waals surface area contributed by atoms with Crippen LogP contribution in [0.15, 0.2) is 0 Å². The number of aliphatic hydroxyl groups excluding tert-OH is 3. The van der Waals surface area contributed by atoms with E-state index < -0.39 is 48.8 Å². The van der Waals surface area contributed by atoms with Crippen LogP contribution in [0.5, 0.6) is 17.2 Å². The van der Waals surface area contributed by atoms with Gasteiger partial charge in [-0.2, -0.15) is 0 Å². The van der Waals surface area contributed by atoms with Crippen molar-refractivity contribution in [1.82, 2.24) is 4.90 Å². The van der Waals surface area contributed by atoms with Crippen molar-refractivity contribution >= 4 is 5.97 Å². The number of fused-ring (bicyclic) bond motifs is 3. The first kappa shape index (κ1) is 21.6. The topological polar surface area (TPSA) is 149 Å². The number of phenols is 2. The van der Waals surface area contributed by atoms with Gasteiger partial charge in [0.2, 0.25) is 5.75 Å². The Labute approximate surface area is 167 Å². The minimum atomic E-state index is -1.53. The molecule has 162 valence electrons. The zero-order valence-electron chi connectivity index (χ0n) is 16.5. The predicted molar refractivity (Wildman–Crippen MR) is 98.9 cm³/mol. The van der Waals surface area contributed by atoms with Gasteiger partial charge >= 0.3 is 5.97 Å². The molecule has 3 rings (SSSR count). The van der Waals surface area contributed by atoms with E-state index in [1.807, 2.05) is 18.7 Å². The minimum Gasteiger partial charge on any atom is -0.504 e. The molecule has 0 aromatic heterocycles. The van der Waals surface area contributed by atoms with Crippen LogP contribution in [0, 0.1) is 0 Å². The van der Waals surface area contributed by atoms with Crippen LogP contribution in [0.25, 0.3) is 0 Å². The Morgan fingerprint density at radius 2 is 1.76 bits per heavy atom. The lowest BCUT2D eigenvalue weighted by molar-refractivity contribution is -0.235. The fourth-order valence-corrected chi connectivity index (χ4v) is 3.94. The minimum absolute atomic E-state index is 0.00699. The highest BCUT2D eigenvalue weighted by Crippen LogP contribution is 2.52. The SMILES string of the molecule is CCN(CC)Cc1c(O)c(OC)c(O)c2c1C(=O)O[C@H]1[C@H](O)[C@@H](O)[C@H](CO)O[C@H]21. The summed E-state index contributed by atoms with van der Waals surface area (Å²) in [4.78, 5) is 14.8. The summed E-state index contributed by atoms with van der Waals surface area (Å²) in [6, 6.07) is 0. The Bertz CT molecular complexity index is 780. The van der Waals surface area contributed by atoms with Gasteiger partial charge in [0.05, 0.1) is 19.3 Å². The molecule has 1 aromatic carbocycles. The largest absolute Gasteiger partial charge is 0.504 e. The zero-order chi connectivity index (χ0) is 21.5. The van der Waals surface area contributed by atoms with Crippen LogP contribution < -0.4 is 4.74 Å². The first-order valence-corrected chi connectivity index (χ1v) is 9.50. The van der Waals surface area contributed by atoms with Crippen LogP contribution >= 0.6 is 0 Å². The molecule has 0 radical (unpaired) electrons. The van der Waals surface area contributed by atoms with Crippen molar-refractivity contribution in [1.29, 1.82) is 0 Å². The lowest BCUT2D eigenvalue weighted by Crippen LogP contribution is -2.58. The number of ether oxygens (including phenoxy) is 3. The van der Waals surface area contributed by atoms with E-state index in [0.717, 1.165) is 0 Å². The molecule has 0 amide bonds. The van der Waals surface area contributed by atoms with E-state index in [0.29, 0.717) is 13.1 Å². The van der Waals surface area contributed by atoms with Gasteiger partial charge in [-0.05, 0) is 13.1 Å². The number of esters is 1. The molecule has 1 fully saturated rings. The van der Waals surface area contributed by atoms with Crippen molar-refractivity contribution in [2.45, 2.75) is 50.9 Å². The monoisotopic (exact) mass is 413 g/mol. The second kappa shape index (κ2) is 8.33. The number of rotatable bonds is 6. The molecule has 5 atom stereocenters. The summed E-state index contributed by atoms with van der Waals surface area (Å²) < 4.78 is 16.2. The zero-order valence-corrected chi connectivity index (χ0v) is 16.5. The van der Waals surface area contributed by atoms with E-state index >= 15 is 0 Å². The van der Waals surface area contributed by atoms with E-state index in [2.05, 4.69) is 0 Å². The van der Waals surface area contributed by atoms with Gasteiger partial charge in [0.15, 0.2) is 17.6 Å². The number of hydrogen-bond donors (Lipinski definition) is 5. The number of hydrogen-bond acceptors (Lipinski definition) is 10. The fraction of sp³-hybridized carbons (Fsp3) is 0.632. The number of aromatic hydroxyl groups is 2. The summed E-state index contributed by atoms with van der Waals surface area (Å²) in [6.45, 7) is 4.72. The van der Waals surface area contributed by atoms with Gasteiger partial charge < -0.3 is 39.7 Å². The van der Waals surface area contributed by atoms with E-state index in [-0.39, 0.29) is 34.7 Å². The number of nitrogens with zero attached hydrogens (tertiary/aromatic N) is 1. The summed E-state index contributed by atoms with van der Waals surface area (Å²) >= 11 is 0. The number of aliphatic hydroxyl groups is 3. The standard InChI is InChI=1S/C19H27NO9/c1-4-20(5-2)6-8-10-11(14(24)17(27-3)12(8)22)16-18(29-19(10)26)15(25)13(23)9(7-21)28-16/h9,13,15-16,18,21-25H,4-7H2,1-3H3/t9-,13-,15+,16+,18-/m0/s1. The molecule has 0 aliphatic carbocycles. The molecule has 1 saturated heterocycles. The molecule has 1 aromatic rings. The van der Waals surface area contributed by atoms with Crippen molar-refractivity contribution in [3.8, 4) is 17.2 Å². The van der Waals surface area contributed by atoms with Gasteiger partial charge in [-0.15, -0.1) is 0 Å². The van der Waals surface area contributed by atoms with Gasteiger partial charge in [0, 0.05) is 17.7 Å². The van der Waals surface area contributed by atoms with Gasteiger partial charge in [-0.1, -0.05) is 13.8 Å². The van der Waals surface area contributed by atoms with Gasteiger partial charge in [0.1, 0.15) is 24.4 Å². The first-order valence-electron chi connectivity index (χ1n) is 9.50. The summed E-state index contributed by atoms with van der Waals surface area (Å²) in [7, 11) is 1.26. The normalized spacial score (nSPS) is 28.7. The Kier molecular flexibility index (Phi) is 6.20. The van der Waals surface area contributed by atoms with E-state index in [9.17, 15) is 30.3 Å². The van der Waals surface area contributed by atoms with Gasteiger partial charge in [-0.25, -0.2) is 4.79 Å². The van der Waals surface area contributed by atoms with Gasteiger partial charge in [0.25, 0.3) is 0 Å². The fourth-order valence-electron chi connectivity index (χ4n) is 3.94. The number of carbonyl (C=O) groups is 1. The van der Waals surface area contributed by atoms with Crippen molar-refractivity contribution in [2.24, 2.45) is 0 Å². The maximum absolute atomic E-state index is 12.8. The Morgan fingerprint density at radius 3 is 2.31 bits per heavy atom. The lowest BCUT2D eigenvalue weighted by Gasteiger charge is -2.45. The average molecular weight is 413 g/mol. The number of phenolic OH excluding ortho intramolecular Hbond substituents is 2. The highest BCUT2D eigenvalue weighted by molar-refractivity contribution is 5.97. The summed E-state index contributed by atoms with van der Waals surface area (Å²) in [5.74, 6) is -2.01. The Hall–Kier alpha value is -2.11. The van der Waals surface area contributed by atoms with Crippen molar-refractivity contribution in [3.63, 3.8) is 0 Å². The average Bonchev–Trinajstić information content (AvgIpc) is 2.71. The van der Waals surface area contributed by atoms with Crippen LogP contribution in [-0.4, -0.2) is 87.6 Å². The third kappa shape index (κ3) is 3.40. The molecular formula is C19H27NO9. The third-order valence-electron chi connectivity index (χ3n) is 5.62. The van der Waals surface area contributed by atoms with Crippen molar-refractivity contribution in [2.75, 3.05) is 26.8 Å². The van der Waals surface area contributed by atoms with E-state index in [4.69, 9.17) is 14.2 Å². The van der Waals surface area contributed by atoms with E-state index in [1.165, 1.54) is 7.11 Å². The maximum Gasteiger partial charge on any atom is 0.339 e. The smallest absolute Gasteiger partial charge is 0.339 e. The van der Waals surface area contributed by atoms with Crippen LogP contribution in [0.2, 0.25) is 0 Å². The molecule has 2 aliphatic heterocycles. The molecule has 0 unspecified atom stereocenters. The third-order valence-corrected chi connectivity index (χ3v) is 5.62. The van der Waals surface area contributed by atoms with Crippen molar-refractivity contribution < 1.29 is 44.5 Å². The Balaban J connectivity index is 2.22. The molecule has 0 spiro atoms. The number of carbonyl (C=O) groups excluding carboxylic acids is 1. The highest BCUT2D eigenvalue weighted by Gasteiger charge is 2.53. The van der Waals surface area contributed by atoms with Crippen LogP contribution in [-0.2, 0) is 16.0 Å². The van der Waals surface area contributed by atoms with Crippen LogP contribution in [0.1, 0.15) is 41.4 Å². The number of benzene rings is 1. The number of methoxy groups -OCH3 is 1. The van der Waals surface area contributed by atoms with E-state index in [1.54, 1.807) is 0 Å². The molecule has 10 nitrogen and oxygen atoms in total. The molecule has 5 N–H and O–H groups in total. The molecule has 10 heteroatoms. The van der Waals surface area contributed by atoms with Crippen molar-refractivity contribution in [3.05, 3.63) is 16.7 Å². The van der Waals surface area contributed by atoms with Crippen LogP contribution in [0.3, 0.4) is 0 Å². The molecule has 0 saturated carbocycles. The molecular weight excluding hydrogens is 386 g/mol. The molecule has 0 bridgehead atoms. The molecule has 29 heavy (non-hydrogen) atoms. The summed E-state index contributed by atoms with van der Waals surface area (Å²) in [6.07, 6.45) is -6.63. The predicted octanol–water partition coefficient (Wildman–Crippen LogP) is -0.359. The first-order chi connectivity index (χ1) is 13.8. The quantitative estimate of drug-likeness (QED) is 0.391. The van der Waals surface area contributed by atoms with Gasteiger partial charge in [-0.3, -0.25) is 4.90 Å². The molecule has 2 heterocycles. The van der Waals surface area contributed by atoms with Crippen LogP contribution in [0.4, 0.5) is 0 Å². The highest BCUT2D eigenvalue weighted by atomic mass is 16.6. The second-order valence-corrected chi connectivity index (χ2v) is 7.09. The summed E-state index contributed by atoms with van der Waals surface area (Å²) in [5.41, 5.74) is 0.119. The lowest BCUT2D eigenvalue weighted by atomic mass is 9.84. The second-order valence-electron chi connectivity index (χ2n) is 7.09.